The van der Waals surface area contributed by atoms with Gasteiger partial charge in [0.05, 0.1) is 12.2 Å². The Kier molecular flexibility index (Phi) is 10.4. The van der Waals surface area contributed by atoms with Crippen LogP contribution in [0.4, 0.5) is 0 Å². The molecule has 4 N–H and O–H groups in total. The van der Waals surface area contributed by atoms with Crippen molar-refractivity contribution in [1.29, 1.82) is 0 Å². The maximum atomic E-state index is 12.5. The molecule has 0 radical (unpaired) electrons. The van der Waals surface area contributed by atoms with Gasteiger partial charge in [-0.2, -0.15) is 0 Å². The fraction of sp³-hybridized carbons (Fsp3) is 0.600. The van der Waals surface area contributed by atoms with E-state index in [0.717, 1.165) is 13.8 Å². The molecule has 170 valence electrons. The van der Waals surface area contributed by atoms with Crippen LogP contribution in [0.2, 0.25) is 0 Å². The van der Waals surface area contributed by atoms with Crippen LogP contribution in [0.1, 0.15) is 47.0 Å². The highest BCUT2D eigenvalue weighted by Gasteiger charge is 2.59. The molecule has 0 aromatic heterocycles. The van der Waals surface area contributed by atoms with E-state index in [1.54, 1.807) is 0 Å². The molecular formula is C20H30O10. The molecule has 0 amide bonds. The van der Waals surface area contributed by atoms with Crippen molar-refractivity contribution >= 4 is 23.9 Å². The number of rotatable bonds is 13. The second kappa shape index (κ2) is 11.5. The number of carbonyl (C=O) groups is 4. The highest BCUT2D eigenvalue weighted by Crippen LogP contribution is 2.41. The minimum absolute atomic E-state index is 0.0852. The lowest BCUT2D eigenvalue weighted by molar-refractivity contribution is -0.208. The first-order valence-corrected chi connectivity index (χ1v) is 9.22. The number of aliphatic hydroxyl groups is 2. The van der Waals surface area contributed by atoms with Gasteiger partial charge in [-0.05, 0) is 40.5 Å². The fourth-order valence-corrected chi connectivity index (χ4v) is 3.03. The lowest BCUT2D eigenvalue weighted by atomic mass is 9.69. The van der Waals surface area contributed by atoms with E-state index >= 15 is 0 Å². The van der Waals surface area contributed by atoms with E-state index in [1.807, 2.05) is 0 Å². The Hall–Kier alpha value is -2.72. The minimum Gasteiger partial charge on any atom is -0.481 e. The second-order valence-electron chi connectivity index (χ2n) is 7.29. The third kappa shape index (κ3) is 6.96. The van der Waals surface area contributed by atoms with Crippen molar-refractivity contribution < 1.29 is 49.1 Å². The first-order valence-electron chi connectivity index (χ1n) is 9.22. The molecule has 0 saturated carbocycles. The summed E-state index contributed by atoms with van der Waals surface area (Å²) in [7, 11) is 0. The van der Waals surface area contributed by atoms with Gasteiger partial charge in [-0.15, -0.1) is 0 Å². The van der Waals surface area contributed by atoms with Gasteiger partial charge in [0.1, 0.15) is 17.6 Å². The van der Waals surface area contributed by atoms with Gasteiger partial charge in [-0.1, -0.05) is 13.2 Å². The lowest BCUT2D eigenvalue weighted by Crippen LogP contribution is -2.60. The van der Waals surface area contributed by atoms with Crippen LogP contribution in [0, 0.1) is 5.41 Å². The predicted molar refractivity (Wildman–Crippen MR) is 104 cm³/mol. The number of carboxylic acids is 2. The smallest absolute Gasteiger partial charge is 0.333 e. The van der Waals surface area contributed by atoms with Gasteiger partial charge in [0, 0.05) is 17.6 Å². The van der Waals surface area contributed by atoms with Crippen molar-refractivity contribution in [3.8, 4) is 0 Å². The molecule has 0 rings (SSSR count). The van der Waals surface area contributed by atoms with E-state index in [0.29, 0.717) is 0 Å². The van der Waals surface area contributed by atoms with Gasteiger partial charge in [0.2, 0.25) is 0 Å². The van der Waals surface area contributed by atoms with Crippen molar-refractivity contribution in [3.63, 3.8) is 0 Å². The first kappa shape index (κ1) is 27.3. The van der Waals surface area contributed by atoms with Crippen molar-refractivity contribution in [2.24, 2.45) is 5.41 Å². The number of hydrogen-bond acceptors (Lipinski definition) is 8. The molecule has 0 saturated heterocycles. The second-order valence-corrected chi connectivity index (χ2v) is 7.29. The topological polar surface area (TPSA) is 168 Å². The maximum Gasteiger partial charge on any atom is 0.333 e. The minimum atomic E-state index is -2.37. The lowest BCUT2D eigenvalue weighted by Gasteiger charge is -2.43. The van der Waals surface area contributed by atoms with Gasteiger partial charge in [0.25, 0.3) is 0 Å². The number of carboxylic acid groups (broad SMARTS) is 2. The summed E-state index contributed by atoms with van der Waals surface area (Å²) in [6.07, 6.45) is -7.94. The van der Waals surface area contributed by atoms with E-state index in [2.05, 4.69) is 13.2 Å². The summed E-state index contributed by atoms with van der Waals surface area (Å²) in [5.74, 6) is -4.90. The van der Waals surface area contributed by atoms with E-state index in [-0.39, 0.29) is 17.6 Å². The third-order valence-corrected chi connectivity index (χ3v) is 4.44. The molecule has 4 atom stereocenters. The third-order valence-electron chi connectivity index (χ3n) is 4.44. The molecular weight excluding hydrogens is 400 g/mol. The summed E-state index contributed by atoms with van der Waals surface area (Å²) in [6.45, 7) is 11.7. The standard InChI is InChI=1S/C20H30O10/c1-10(2)17(25)29-15(12(5)21)20(19(27)28,9-7-8-14(23)24)16(13(6)22)30-18(26)11(3)4/h12-13,15-16,21-22H,1,3,7-9H2,2,4-6H3,(H,23,24)(H,27,28). The SMILES string of the molecule is C=C(C)C(=O)OC(C(C)O)C(CCCC(=O)O)(C(=O)O)C(OC(=O)C(=C)C)C(C)O. The largest absolute Gasteiger partial charge is 0.481 e. The molecule has 30 heavy (non-hydrogen) atoms. The molecule has 10 nitrogen and oxygen atoms in total. The van der Waals surface area contributed by atoms with Crippen molar-refractivity contribution in [2.45, 2.75) is 71.4 Å². The number of aliphatic carboxylic acids is 2. The molecule has 0 spiro atoms. The first-order chi connectivity index (χ1) is 13.7. The molecule has 0 heterocycles. The Balaban J connectivity index is 6.64. The maximum absolute atomic E-state index is 12.5. The summed E-state index contributed by atoms with van der Waals surface area (Å²) in [5, 5.41) is 39.6. The normalized spacial score (nSPS) is 16.9. The average Bonchev–Trinajstić information content (AvgIpc) is 2.60. The van der Waals surface area contributed by atoms with Crippen molar-refractivity contribution in [1.82, 2.24) is 0 Å². The predicted octanol–water partition coefficient (Wildman–Crippen LogP) is 1.05. The van der Waals surface area contributed by atoms with E-state index in [4.69, 9.17) is 14.6 Å². The van der Waals surface area contributed by atoms with Crippen molar-refractivity contribution in [3.05, 3.63) is 24.3 Å². The van der Waals surface area contributed by atoms with E-state index in [9.17, 15) is 34.5 Å². The zero-order chi connectivity index (χ0) is 23.8. The van der Waals surface area contributed by atoms with Gasteiger partial charge < -0.3 is 29.9 Å². The molecule has 0 aliphatic carbocycles. The van der Waals surface area contributed by atoms with E-state index in [1.165, 1.54) is 13.8 Å². The van der Waals surface area contributed by atoms with Crippen LogP contribution < -0.4 is 0 Å². The molecule has 4 unspecified atom stereocenters. The monoisotopic (exact) mass is 430 g/mol. The Morgan fingerprint density at radius 2 is 1.23 bits per heavy atom. The highest BCUT2D eigenvalue weighted by molar-refractivity contribution is 5.89. The Morgan fingerprint density at radius 3 is 1.47 bits per heavy atom. The number of carbonyl (C=O) groups excluding carboxylic acids is 2. The molecule has 0 aromatic rings. The molecule has 10 heteroatoms. The Bertz CT molecular complexity index is 652. The van der Waals surface area contributed by atoms with Gasteiger partial charge in [0.15, 0.2) is 0 Å². The highest BCUT2D eigenvalue weighted by atomic mass is 16.6. The summed E-state index contributed by atoms with van der Waals surface area (Å²) >= 11 is 0. The van der Waals surface area contributed by atoms with Gasteiger partial charge in [-0.3, -0.25) is 9.59 Å². The van der Waals surface area contributed by atoms with Crippen LogP contribution in [0.15, 0.2) is 24.3 Å². The Labute approximate surface area is 174 Å². The molecule has 0 bridgehead atoms. The summed E-state index contributed by atoms with van der Waals surface area (Å²) in [4.78, 5) is 47.7. The van der Waals surface area contributed by atoms with Crippen LogP contribution in [0.3, 0.4) is 0 Å². The summed E-state index contributed by atoms with van der Waals surface area (Å²) in [5.41, 5.74) is -2.54. The van der Waals surface area contributed by atoms with Crippen LogP contribution in [0.25, 0.3) is 0 Å². The fourth-order valence-electron chi connectivity index (χ4n) is 3.03. The average molecular weight is 430 g/mol. The molecule has 0 fully saturated rings. The zero-order valence-corrected chi connectivity index (χ0v) is 17.6. The molecule has 0 aliphatic rings. The van der Waals surface area contributed by atoms with Gasteiger partial charge >= 0.3 is 23.9 Å². The molecule has 0 aliphatic heterocycles. The summed E-state index contributed by atoms with van der Waals surface area (Å²) < 4.78 is 10.4. The van der Waals surface area contributed by atoms with Crippen molar-refractivity contribution in [2.75, 3.05) is 0 Å². The Morgan fingerprint density at radius 1 is 0.867 bits per heavy atom. The number of hydrogen-bond donors (Lipinski definition) is 4. The van der Waals surface area contributed by atoms with Crippen LogP contribution in [0.5, 0.6) is 0 Å². The number of ether oxygens (including phenoxy) is 2. The van der Waals surface area contributed by atoms with Crippen LogP contribution in [-0.4, -0.2) is 68.7 Å². The summed E-state index contributed by atoms with van der Waals surface area (Å²) in [6, 6.07) is 0. The van der Waals surface area contributed by atoms with Gasteiger partial charge in [-0.25, -0.2) is 9.59 Å². The number of esters is 2. The van der Waals surface area contributed by atoms with Crippen LogP contribution >= 0.6 is 0 Å². The van der Waals surface area contributed by atoms with Crippen LogP contribution in [-0.2, 0) is 28.7 Å². The van der Waals surface area contributed by atoms with E-state index < -0.39 is 66.5 Å². The quantitative estimate of drug-likeness (QED) is 0.245. The molecule has 0 aromatic carbocycles. The number of aliphatic hydroxyl groups excluding tert-OH is 2. The zero-order valence-electron chi connectivity index (χ0n) is 17.6.